The van der Waals surface area contributed by atoms with Crippen LogP contribution in [0, 0.1) is 6.92 Å². The number of halogens is 1. The number of piperidine rings is 1. The average Bonchev–Trinajstić information content (AvgIpc) is 3.04. The zero-order chi connectivity index (χ0) is 21.5. The van der Waals surface area contributed by atoms with Gasteiger partial charge in [-0.2, -0.15) is 4.31 Å². The highest BCUT2D eigenvalue weighted by Crippen LogP contribution is 2.33. The lowest BCUT2D eigenvalue weighted by Gasteiger charge is -2.32. The van der Waals surface area contributed by atoms with Crippen molar-refractivity contribution in [3.63, 3.8) is 0 Å². The molecule has 0 aliphatic carbocycles. The minimum Gasteiger partial charge on any atom is -0.491 e. The van der Waals surface area contributed by atoms with E-state index in [0.29, 0.717) is 28.8 Å². The molecule has 1 aliphatic heterocycles. The largest absolute Gasteiger partial charge is 0.491 e. The van der Waals surface area contributed by atoms with E-state index in [1.807, 2.05) is 26.0 Å². The number of aromatic nitrogens is 1. The van der Waals surface area contributed by atoms with E-state index in [9.17, 15) is 8.42 Å². The summed E-state index contributed by atoms with van der Waals surface area (Å²) in [6.07, 6.45) is 3.74. The Morgan fingerprint density at radius 1 is 1.07 bits per heavy atom. The maximum Gasteiger partial charge on any atom is 0.243 e. The number of hydrogen-bond acceptors (Lipinski definition) is 3. The van der Waals surface area contributed by atoms with E-state index < -0.39 is 10.0 Å². The molecule has 1 fully saturated rings. The van der Waals surface area contributed by atoms with Gasteiger partial charge in [0, 0.05) is 35.7 Å². The van der Waals surface area contributed by atoms with Crippen molar-refractivity contribution in [3.05, 3.63) is 59.2 Å². The Balaban J connectivity index is 1.50. The van der Waals surface area contributed by atoms with Crippen LogP contribution in [0.5, 0.6) is 5.75 Å². The van der Waals surface area contributed by atoms with E-state index in [-0.39, 0.29) is 12.1 Å². The summed E-state index contributed by atoms with van der Waals surface area (Å²) < 4.78 is 35.6. The maximum absolute atomic E-state index is 13.1. The molecule has 1 aromatic heterocycles. The van der Waals surface area contributed by atoms with Gasteiger partial charge in [0.25, 0.3) is 0 Å². The summed E-state index contributed by atoms with van der Waals surface area (Å²) >= 11 is 6.22. The van der Waals surface area contributed by atoms with E-state index in [1.165, 1.54) is 10.9 Å². The van der Waals surface area contributed by atoms with Crippen LogP contribution in [-0.2, 0) is 10.0 Å². The third-order valence-corrected chi connectivity index (χ3v) is 7.79. The Labute approximate surface area is 183 Å². The summed E-state index contributed by atoms with van der Waals surface area (Å²) in [7, 11) is -3.51. The molecule has 0 amide bonds. The van der Waals surface area contributed by atoms with Crippen LogP contribution in [0.25, 0.3) is 10.9 Å². The van der Waals surface area contributed by atoms with Crippen LogP contribution < -0.4 is 4.74 Å². The highest BCUT2D eigenvalue weighted by atomic mass is 35.5. The van der Waals surface area contributed by atoms with Crippen LogP contribution >= 0.6 is 11.6 Å². The molecule has 0 saturated carbocycles. The van der Waals surface area contributed by atoms with E-state index in [2.05, 4.69) is 23.8 Å². The maximum atomic E-state index is 13.1. The van der Waals surface area contributed by atoms with Gasteiger partial charge in [0.15, 0.2) is 0 Å². The Kier molecular flexibility index (Phi) is 5.84. The van der Waals surface area contributed by atoms with Crippen LogP contribution in [0.1, 0.15) is 38.3 Å². The van der Waals surface area contributed by atoms with Crippen molar-refractivity contribution in [1.29, 1.82) is 0 Å². The summed E-state index contributed by atoms with van der Waals surface area (Å²) in [5.41, 5.74) is 2.32. The van der Waals surface area contributed by atoms with Gasteiger partial charge in [-0.3, -0.25) is 0 Å². The van der Waals surface area contributed by atoms with Crippen LogP contribution in [0.3, 0.4) is 0 Å². The van der Waals surface area contributed by atoms with E-state index in [1.54, 1.807) is 28.6 Å². The smallest absolute Gasteiger partial charge is 0.243 e. The molecule has 7 heteroatoms. The van der Waals surface area contributed by atoms with Crippen LogP contribution in [0.2, 0.25) is 5.02 Å². The molecule has 160 valence electrons. The van der Waals surface area contributed by atoms with Gasteiger partial charge in [0.2, 0.25) is 10.0 Å². The van der Waals surface area contributed by atoms with Crippen molar-refractivity contribution < 1.29 is 13.2 Å². The fourth-order valence-corrected chi connectivity index (χ4v) is 5.81. The first-order valence-corrected chi connectivity index (χ1v) is 12.1. The monoisotopic (exact) mass is 446 g/mol. The van der Waals surface area contributed by atoms with Crippen molar-refractivity contribution in [3.8, 4) is 5.75 Å². The number of aryl methyl sites for hydroxylation is 1. The Bertz CT molecular complexity index is 1150. The van der Waals surface area contributed by atoms with Crippen molar-refractivity contribution in [1.82, 2.24) is 8.87 Å². The Hall–Kier alpha value is -2.02. The van der Waals surface area contributed by atoms with Crippen molar-refractivity contribution in [2.75, 3.05) is 13.1 Å². The molecular formula is C23H27ClN2O3S. The number of nitrogens with zero attached hydrogens (tertiary/aromatic N) is 2. The predicted molar refractivity (Wildman–Crippen MR) is 121 cm³/mol. The van der Waals surface area contributed by atoms with Gasteiger partial charge in [-0.15, -0.1) is 0 Å². The number of hydrogen-bond donors (Lipinski definition) is 0. The number of ether oxygens (including phenoxy) is 1. The summed E-state index contributed by atoms with van der Waals surface area (Å²) in [6.45, 7) is 6.97. The minimum absolute atomic E-state index is 0.0507. The molecule has 4 rings (SSSR count). The normalized spacial score (nSPS) is 16.4. The molecule has 1 saturated heterocycles. The lowest BCUT2D eigenvalue weighted by Crippen LogP contribution is -2.38. The van der Waals surface area contributed by atoms with Gasteiger partial charge in [-0.1, -0.05) is 17.7 Å². The zero-order valence-corrected chi connectivity index (χ0v) is 19.1. The number of rotatable bonds is 5. The first-order chi connectivity index (χ1) is 14.3. The number of fused-ring (bicyclic) bond motifs is 1. The SMILES string of the molecule is Cc1cn(C2CCN(S(=O)(=O)c3ccc(OC(C)C)cc3)CC2)c2cc(Cl)ccc12. The Morgan fingerprint density at radius 3 is 2.37 bits per heavy atom. The topological polar surface area (TPSA) is 51.5 Å². The molecule has 3 aromatic rings. The van der Waals surface area contributed by atoms with Gasteiger partial charge >= 0.3 is 0 Å². The Morgan fingerprint density at radius 2 is 1.73 bits per heavy atom. The second kappa shape index (κ2) is 8.25. The van der Waals surface area contributed by atoms with Gasteiger partial charge < -0.3 is 9.30 Å². The second-order valence-corrected chi connectivity index (χ2v) is 10.5. The number of sulfonamides is 1. The van der Waals surface area contributed by atoms with Crippen LogP contribution in [0.15, 0.2) is 53.6 Å². The third-order valence-electron chi connectivity index (χ3n) is 5.65. The molecule has 2 heterocycles. The quantitative estimate of drug-likeness (QED) is 0.526. The van der Waals surface area contributed by atoms with Gasteiger partial charge in [-0.05, 0) is 75.6 Å². The van der Waals surface area contributed by atoms with Gasteiger partial charge in [0.1, 0.15) is 5.75 Å². The van der Waals surface area contributed by atoms with E-state index in [4.69, 9.17) is 16.3 Å². The van der Waals surface area contributed by atoms with Crippen molar-refractivity contribution in [2.45, 2.75) is 50.7 Å². The number of benzene rings is 2. The van der Waals surface area contributed by atoms with E-state index in [0.717, 1.165) is 18.4 Å². The molecule has 0 spiro atoms. The highest BCUT2D eigenvalue weighted by molar-refractivity contribution is 7.89. The summed E-state index contributed by atoms with van der Waals surface area (Å²) in [4.78, 5) is 0.311. The summed E-state index contributed by atoms with van der Waals surface area (Å²) in [5, 5.41) is 1.91. The average molecular weight is 447 g/mol. The molecule has 5 nitrogen and oxygen atoms in total. The van der Waals surface area contributed by atoms with Crippen molar-refractivity contribution >= 4 is 32.5 Å². The first kappa shape index (κ1) is 21.2. The second-order valence-electron chi connectivity index (χ2n) is 8.15. The standard InChI is InChI=1S/C23H27ClN2O3S/c1-16(2)29-20-5-7-21(8-6-20)30(27,28)25-12-10-19(11-13-25)26-15-17(3)22-9-4-18(24)14-23(22)26/h4-9,14-16,19H,10-13H2,1-3H3. The molecule has 0 atom stereocenters. The molecule has 2 aromatic carbocycles. The molecule has 0 bridgehead atoms. The van der Waals surface area contributed by atoms with Crippen LogP contribution in [-0.4, -0.2) is 36.5 Å². The molecule has 1 aliphatic rings. The predicted octanol–water partition coefficient (Wildman–Crippen LogP) is 5.42. The molecule has 0 unspecified atom stereocenters. The summed E-state index contributed by atoms with van der Waals surface area (Å²) in [6, 6.07) is 12.9. The lowest BCUT2D eigenvalue weighted by molar-refractivity contribution is 0.242. The van der Waals surface area contributed by atoms with Gasteiger partial charge in [0.05, 0.1) is 16.5 Å². The van der Waals surface area contributed by atoms with Crippen molar-refractivity contribution in [2.24, 2.45) is 0 Å². The highest BCUT2D eigenvalue weighted by Gasteiger charge is 2.30. The third kappa shape index (κ3) is 4.09. The van der Waals surface area contributed by atoms with Crippen LogP contribution in [0.4, 0.5) is 0 Å². The molecule has 0 radical (unpaired) electrons. The lowest BCUT2D eigenvalue weighted by atomic mass is 10.1. The van der Waals surface area contributed by atoms with E-state index >= 15 is 0 Å². The molecular weight excluding hydrogens is 420 g/mol. The fraction of sp³-hybridized carbons (Fsp3) is 0.391. The molecule has 30 heavy (non-hydrogen) atoms. The zero-order valence-electron chi connectivity index (χ0n) is 17.5. The first-order valence-electron chi connectivity index (χ1n) is 10.3. The summed E-state index contributed by atoms with van der Waals surface area (Å²) in [5.74, 6) is 0.677. The minimum atomic E-state index is -3.51. The molecule has 0 N–H and O–H groups in total. The fourth-order valence-electron chi connectivity index (χ4n) is 4.17. The van der Waals surface area contributed by atoms with Gasteiger partial charge in [-0.25, -0.2) is 8.42 Å².